The molecule has 7 heteroatoms. The summed E-state index contributed by atoms with van der Waals surface area (Å²) in [7, 11) is -3.63. The second-order valence-corrected chi connectivity index (χ2v) is 7.02. The Bertz CT molecular complexity index is 728. The molecule has 0 saturated carbocycles. The Morgan fingerprint density at radius 1 is 1.13 bits per heavy atom. The number of nitrogens with one attached hydrogen (secondary N) is 1. The van der Waals surface area contributed by atoms with Gasteiger partial charge in [0.05, 0.1) is 0 Å². The van der Waals surface area contributed by atoms with E-state index in [0.29, 0.717) is 11.5 Å². The second kappa shape index (κ2) is 7.14. The zero-order valence-corrected chi connectivity index (χ0v) is 14.8. The Morgan fingerprint density at radius 3 is 2.22 bits per heavy atom. The van der Waals surface area contributed by atoms with Crippen molar-refractivity contribution in [3.05, 3.63) is 41.3 Å². The van der Waals surface area contributed by atoms with E-state index in [-0.39, 0.29) is 11.4 Å². The molecule has 6 nitrogen and oxygen atoms in total. The van der Waals surface area contributed by atoms with Crippen molar-refractivity contribution < 1.29 is 12.9 Å². The molecule has 1 aromatic heterocycles. The minimum absolute atomic E-state index is 0.122. The Kier molecular flexibility index (Phi) is 5.43. The van der Waals surface area contributed by atoms with Gasteiger partial charge in [-0.2, -0.15) is 0 Å². The summed E-state index contributed by atoms with van der Waals surface area (Å²) in [5, 5.41) is 3.69. The average Bonchev–Trinajstić information content (AvgIpc) is 2.87. The van der Waals surface area contributed by atoms with Crippen LogP contribution in [0.2, 0.25) is 0 Å². The van der Waals surface area contributed by atoms with Crippen LogP contribution in [-0.4, -0.2) is 26.7 Å². The fourth-order valence-corrected chi connectivity index (χ4v) is 3.87. The minimum Gasteiger partial charge on any atom is -0.372 e. The number of anilines is 1. The predicted octanol–water partition coefficient (Wildman–Crippen LogP) is 2.62. The molecule has 0 aliphatic rings. The fourth-order valence-electron chi connectivity index (χ4n) is 2.52. The topological polar surface area (TPSA) is 75.4 Å². The van der Waals surface area contributed by atoms with Gasteiger partial charge >= 0.3 is 0 Å². The first-order chi connectivity index (χ1) is 10.9. The Labute approximate surface area is 137 Å². The van der Waals surface area contributed by atoms with Gasteiger partial charge in [0.2, 0.25) is 10.0 Å². The molecule has 23 heavy (non-hydrogen) atoms. The zero-order chi connectivity index (χ0) is 17.0. The summed E-state index contributed by atoms with van der Waals surface area (Å²) in [5.74, 6) is 0.298. The quantitative estimate of drug-likeness (QED) is 0.840. The van der Waals surface area contributed by atoms with E-state index in [1.807, 2.05) is 24.3 Å². The predicted molar refractivity (Wildman–Crippen MR) is 90.0 cm³/mol. The molecule has 0 saturated heterocycles. The van der Waals surface area contributed by atoms with Gasteiger partial charge in [-0.1, -0.05) is 17.3 Å². The number of hydrogen-bond acceptors (Lipinski definition) is 5. The van der Waals surface area contributed by atoms with E-state index >= 15 is 0 Å². The molecule has 1 heterocycles. The molecule has 1 aromatic carbocycles. The van der Waals surface area contributed by atoms with Gasteiger partial charge < -0.3 is 9.42 Å². The highest BCUT2D eigenvalue weighted by molar-refractivity contribution is 7.89. The number of hydrogen-bond donors (Lipinski definition) is 1. The maximum Gasteiger partial charge on any atom is 0.246 e. The van der Waals surface area contributed by atoms with Crippen LogP contribution in [0.25, 0.3) is 0 Å². The SMILES string of the molecule is CCN(CC)c1ccc(CNS(=O)(=O)c2c(C)noc2C)cc1. The third-order valence-corrected chi connectivity index (χ3v) is 5.41. The van der Waals surface area contributed by atoms with Crippen molar-refractivity contribution in [1.82, 2.24) is 9.88 Å². The molecule has 0 radical (unpaired) electrons. The lowest BCUT2D eigenvalue weighted by Gasteiger charge is -2.21. The summed E-state index contributed by atoms with van der Waals surface area (Å²) in [4.78, 5) is 2.36. The third-order valence-electron chi connectivity index (χ3n) is 3.77. The van der Waals surface area contributed by atoms with E-state index in [2.05, 4.69) is 28.6 Å². The van der Waals surface area contributed by atoms with E-state index in [4.69, 9.17) is 4.52 Å². The van der Waals surface area contributed by atoms with Crippen molar-refractivity contribution in [2.75, 3.05) is 18.0 Å². The van der Waals surface area contributed by atoms with Crippen molar-refractivity contribution in [3.8, 4) is 0 Å². The first kappa shape index (κ1) is 17.5. The molecule has 2 rings (SSSR count). The summed E-state index contributed by atoms with van der Waals surface area (Å²) >= 11 is 0. The Balaban J connectivity index is 2.09. The number of benzene rings is 1. The van der Waals surface area contributed by atoms with Crippen LogP contribution in [-0.2, 0) is 16.6 Å². The van der Waals surface area contributed by atoms with Gasteiger partial charge in [0.25, 0.3) is 0 Å². The van der Waals surface area contributed by atoms with Gasteiger partial charge in [-0.15, -0.1) is 0 Å². The van der Waals surface area contributed by atoms with Gasteiger partial charge in [-0.05, 0) is 45.4 Å². The Hall–Kier alpha value is -1.86. The molecule has 0 aliphatic carbocycles. The zero-order valence-electron chi connectivity index (χ0n) is 14.0. The molecule has 126 valence electrons. The number of aromatic nitrogens is 1. The second-order valence-electron chi connectivity index (χ2n) is 5.32. The number of nitrogens with zero attached hydrogens (tertiary/aromatic N) is 2. The number of aryl methyl sites for hydroxylation is 2. The summed E-state index contributed by atoms with van der Waals surface area (Å²) in [6, 6.07) is 7.88. The maximum absolute atomic E-state index is 12.4. The normalized spacial score (nSPS) is 11.7. The summed E-state index contributed by atoms with van der Waals surface area (Å²) in [6.45, 7) is 9.52. The van der Waals surface area contributed by atoms with E-state index in [0.717, 1.165) is 24.3 Å². The molecule has 0 aliphatic heterocycles. The summed E-state index contributed by atoms with van der Waals surface area (Å²) < 4.78 is 32.2. The monoisotopic (exact) mass is 337 g/mol. The minimum atomic E-state index is -3.63. The lowest BCUT2D eigenvalue weighted by molar-refractivity contribution is 0.390. The molecule has 0 fully saturated rings. The van der Waals surface area contributed by atoms with E-state index < -0.39 is 10.0 Å². The van der Waals surface area contributed by atoms with Crippen LogP contribution >= 0.6 is 0 Å². The van der Waals surface area contributed by atoms with Gasteiger partial charge in [0.1, 0.15) is 10.6 Å². The lowest BCUT2D eigenvalue weighted by atomic mass is 10.2. The van der Waals surface area contributed by atoms with Crippen LogP contribution in [0.3, 0.4) is 0 Å². The van der Waals surface area contributed by atoms with Crippen LogP contribution in [0, 0.1) is 13.8 Å². The van der Waals surface area contributed by atoms with Crippen molar-refractivity contribution in [1.29, 1.82) is 0 Å². The maximum atomic E-state index is 12.4. The highest BCUT2D eigenvalue weighted by Gasteiger charge is 2.23. The fraction of sp³-hybridized carbons (Fsp3) is 0.438. The highest BCUT2D eigenvalue weighted by atomic mass is 32.2. The molecular weight excluding hydrogens is 314 g/mol. The van der Waals surface area contributed by atoms with E-state index in [1.54, 1.807) is 13.8 Å². The van der Waals surface area contributed by atoms with E-state index in [9.17, 15) is 8.42 Å². The van der Waals surface area contributed by atoms with Crippen molar-refractivity contribution >= 4 is 15.7 Å². The van der Waals surface area contributed by atoms with Crippen LogP contribution < -0.4 is 9.62 Å². The van der Waals surface area contributed by atoms with Gasteiger partial charge in [-0.25, -0.2) is 13.1 Å². The largest absolute Gasteiger partial charge is 0.372 e. The molecule has 0 atom stereocenters. The van der Waals surface area contributed by atoms with Crippen LogP contribution in [0.15, 0.2) is 33.7 Å². The molecule has 0 amide bonds. The number of sulfonamides is 1. The average molecular weight is 337 g/mol. The highest BCUT2D eigenvalue weighted by Crippen LogP contribution is 2.19. The standard InChI is InChI=1S/C16H23N3O3S/c1-5-19(6-2)15-9-7-14(8-10-15)11-17-23(20,21)16-12(3)18-22-13(16)4/h7-10,17H,5-6,11H2,1-4H3. The third kappa shape index (κ3) is 3.92. The van der Waals surface area contributed by atoms with E-state index in [1.165, 1.54) is 0 Å². The van der Waals surface area contributed by atoms with Gasteiger partial charge in [0.15, 0.2) is 5.76 Å². The van der Waals surface area contributed by atoms with Crippen molar-refractivity contribution in [3.63, 3.8) is 0 Å². The smallest absolute Gasteiger partial charge is 0.246 e. The van der Waals surface area contributed by atoms with Crippen LogP contribution in [0.5, 0.6) is 0 Å². The molecule has 2 aromatic rings. The Morgan fingerprint density at radius 2 is 1.74 bits per heavy atom. The first-order valence-electron chi connectivity index (χ1n) is 7.65. The van der Waals surface area contributed by atoms with Crippen LogP contribution in [0.1, 0.15) is 30.9 Å². The molecule has 0 unspecified atom stereocenters. The summed E-state index contributed by atoms with van der Waals surface area (Å²) in [6.07, 6.45) is 0. The number of rotatable bonds is 7. The van der Waals surface area contributed by atoms with Gasteiger partial charge in [-0.3, -0.25) is 0 Å². The van der Waals surface area contributed by atoms with Crippen molar-refractivity contribution in [2.45, 2.75) is 39.1 Å². The van der Waals surface area contributed by atoms with Crippen molar-refractivity contribution in [2.24, 2.45) is 0 Å². The summed E-state index contributed by atoms with van der Waals surface area (Å²) in [5.41, 5.74) is 2.40. The lowest BCUT2D eigenvalue weighted by Crippen LogP contribution is -2.24. The molecular formula is C16H23N3O3S. The molecule has 0 bridgehead atoms. The van der Waals surface area contributed by atoms with Gasteiger partial charge in [0, 0.05) is 25.3 Å². The molecule has 0 spiro atoms. The first-order valence-corrected chi connectivity index (χ1v) is 9.13. The van der Waals surface area contributed by atoms with Crippen LogP contribution in [0.4, 0.5) is 5.69 Å². The molecule has 1 N–H and O–H groups in total.